The first-order valence-corrected chi connectivity index (χ1v) is 10.1. The zero-order chi connectivity index (χ0) is 21.2. The monoisotopic (exact) mass is 422 g/mol. The van der Waals surface area contributed by atoms with Crippen molar-refractivity contribution in [3.05, 3.63) is 17.0 Å². The number of thiophene rings is 1. The Kier molecular flexibility index (Phi) is 5.87. The highest BCUT2D eigenvalue weighted by Gasteiger charge is 2.51. The molecule has 1 aromatic rings. The molecule has 10 nitrogen and oxygen atoms in total. The first-order chi connectivity index (χ1) is 13.7. The third kappa shape index (κ3) is 4.24. The third-order valence-electron chi connectivity index (χ3n) is 5.09. The van der Waals surface area contributed by atoms with E-state index < -0.39 is 47.9 Å². The number of esters is 1. The Bertz CT molecular complexity index is 860. The molecule has 1 saturated carbocycles. The smallest absolute Gasteiger partial charge is 0.327 e. The Morgan fingerprint density at radius 1 is 1.31 bits per heavy atom. The number of primary amides is 1. The lowest BCUT2D eigenvalue weighted by molar-refractivity contribution is -0.155. The summed E-state index contributed by atoms with van der Waals surface area (Å²) >= 11 is 1.10. The number of nitrogens with one attached hydrogen (secondary N) is 2. The van der Waals surface area contributed by atoms with Gasteiger partial charge in [0.25, 0.3) is 17.7 Å². The standard InChI is InChI=1S/C18H22N4O6S/c1-10(14(25)20-15-11(13(19)24)5-8-29-15)28-12(23)9-22-16(26)18(21-17(22)27)6-3-2-4-7-18/h5,8,10H,2-4,6-7,9H2,1H3,(H2,19,24)(H,20,25)(H,21,27)/t10-/m0/s1. The summed E-state index contributed by atoms with van der Waals surface area (Å²) in [6.45, 7) is 0.773. The Balaban J connectivity index is 1.56. The minimum atomic E-state index is -1.20. The van der Waals surface area contributed by atoms with Crippen molar-refractivity contribution in [3.63, 3.8) is 0 Å². The topological polar surface area (TPSA) is 148 Å². The second kappa shape index (κ2) is 8.19. The van der Waals surface area contributed by atoms with Gasteiger partial charge in [0.1, 0.15) is 17.1 Å². The number of imide groups is 1. The van der Waals surface area contributed by atoms with Gasteiger partial charge in [0.05, 0.1) is 5.56 Å². The van der Waals surface area contributed by atoms with Crippen LogP contribution in [-0.2, 0) is 19.1 Å². The van der Waals surface area contributed by atoms with Gasteiger partial charge >= 0.3 is 12.0 Å². The fourth-order valence-electron chi connectivity index (χ4n) is 3.54. The first kappa shape index (κ1) is 20.8. The number of carbonyl (C=O) groups excluding carboxylic acids is 5. The maximum absolute atomic E-state index is 12.7. The van der Waals surface area contributed by atoms with Crippen LogP contribution in [0, 0.1) is 0 Å². The van der Waals surface area contributed by atoms with Crippen molar-refractivity contribution >= 4 is 46.1 Å². The van der Waals surface area contributed by atoms with Crippen LogP contribution in [0.4, 0.5) is 9.80 Å². The molecular formula is C18H22N4O6S. The Morgan fingerprint density at radius 2 is 2.00 bits per heavy atom. The molecule has 11 heteroatoms. The number of amides is 5. The molecule has 29 heavy (non-hydrogen) atoms. The van der Waals surface area contributed by atoms with Crippen molar-refractivity contribution in [2.24, 2.45) is 5.73 Å². The molecule has 0 aromatic carbocycles. The van der Waals surface area contributed by atoms with Crippen molar-refractivity contribution in [3.8, 4) is 0 Å². The minimum absolute atomic E-state index is 0.152. The number of anilines is 1. The van der Waals surface area contributed by atoms with Crippen molar-refractivity contribution in [2.45, 2.75) is 50.7 Å². The molecule has 1 spiro atoms. The van der Waals surface area contributed by atoms with Crippen molar-refractivity contribution in [2.75, 3.05) is 11.9 Å². The predicted octanol–water partition coefficient (Wildman–Crippen LogP) is 0.972. The number of urea groups is 1. The van der Waals surface area contributed by atoms with Gasteiger partial charge in [0.15, 0.2) is 6.10 Å². The normalized spacial score (nSPS) is 19.0. The van der Waals surface area contributed by atoms with Crippen molar-refractivity contribution < 1.29 is 28.7 Å². The van der Waals surface area contributed by atoms with E-state index in [-0.39, 0.29) is 10.6 Å². The molecule has 2 fully saturated rings. The van der Waals surface area contributed by atoms with E-state index in [9.17, 15) is 24.0 Å². The van der Waals surface area contributed by atoms with Crippen LogP contribution < -0.4 is 16.4 Å². The molecule has 0 radical (unpaired) electrons. The molecule has 1 aromatic heterocycles. The molecule has 0 bridgehead atoms. The summed E-state index contributed by atoms with van der Waals surface area (Å²) in [4.78, 5) is 61.5. The SMILES string of the molecule is C[C@H](OC(=O)CN1C(=O)NC2(CCCCC2)C1=O)C(=O)Nc1sccc1C(N)=O. The maximum atomic E-state index is 12.7. The molecule has 156 valence electrons. The summed E-state index contributed by atoms with van der Waals surface area (Å²) in [5, 5.41) is 7.02. The molecule has 3 rings (SSSR count). The van der Waals surface area contributed by atoms with Gasteiger partial charge in [-0.1, -0.05) is 19.3 Å². The quantitative estimate of drug-likeness (QED) is 0.460. The number of hydrogen-bond acceptors (Lipinski definition) is 7. The molecule has 1 saturated heterocycles. The van der Waals surface area contributed by atoms with E-state index >= 15 is 0 Å². The van der Waals surface area contributed by atoms with Crippen LogP contribution in [0.1, 0.15) is 49.4 Å². The largest absolute Gasteiger partial charge is 0.451 e. The number of rotatable bonds is 6. The highest BCUT2D eigenvalue weighted by atomic mass is 32.1. The van der Waals surface area contributed by atoms with Crippen LogP contribution in [0.15, 0.2) is 11.4 Å². The van der Waals surface area contributed by atoms with E-state index in [1.807, 2.05) is 0 Å². The number of hydrogen-bond donors (Lipinski definition) is 3. The molecule has 0 unspecified atom stereocenters. The van der Waals surface area contributed by atoms with Gasteiger partial charge in [0.2, 0.25) is 0 Å². The predicted molar refractivity (Wildman–Crippen MR) is 103 cm³/mol. The van der Waals surface area contributed by atoms with E-state index in [1.165, 1.54) is 13.0 Å². The van der Waals surface area contributed by atoms with Crippen LogP contribution >= 0.6 is 11.3 Å². The van der Waals surface area contributed by atoms with Crippen LogP contribution in [0.3, 0.4) is 0 Å². The molecule has 1 atom stereocenters. The van der Waals surface area contributed by atoms with Gasteiger partial charge in [-0.3, -0.25) is 24.1 Å². The van der Waals surface area contributed by atoms with Crippen molar-refractivity contribution in [1.82, 2.24) is 10.2 Å². The summed E-state index contributed by atoms with van der Waals surface area (Å²) < 4.78 is 5.06. The molecule has 2 heterocycles. The first-order valence-electron chi connectivity index (χ1n) is 9.25. The summed E-state index contributed by atoms with van der Waals surface area (Å²) in [5.74, 6) is -2.67. The van der Waals surface area contributed by atoms with E-state index in [0.717, 1.165) is 35.5 Å². The molecule has 1 aliphatic carbocycles. The second-order valence-electron chi connectivity index (χ2n) is 7.11. The Labute approximate surface area is 170 Å². The van der Waals surface area contributed by atoms with Gasteiger partial charge in [0, 0.05) is 0 Å². The van der Waals surface area contributed by atoms with Gasteiger partial charge in [-0.15, -0.1) is 11.3 Å². The third-order valence-corrected chi connectivity index (χ3v) is 5.91. The lowest BCUT2D eigenvalue weighted by Gasteiger charge is -2.30. The van der Waals surface area contributed by atoms with Crippen LogP contribution in [-0.4, -0.2) is 52.8 Å². The highest BCUT2D eigenvalue weighted by molar-refractivity contribution is 7.14. The van der Waals surface area contributed by atoms with E-state index in [2.05, 4.69) is 10.6 Å². The highest BCUT2D eigenvalue weighted by Crippen LogP contribution is 2.33. The molecule has 1 aliphatic heterocycles. The molecular weight excluding hydrogens is 400 g/mol. The van der Waals surface area contributed by atoms with Gasteiger partial charge in [-0.25, -0.2) is 4.79 Å². The molecule has 5 amide bonds. The van der Waals surface area contributed by atoms with Gasteiger partial charge in [-0.05, 0) is 31.2 Å². The lowest BCUT2D eigenvalue weighted by atomic mass is 9.82. The van der Waals surface area contributed by atoms with Crippen molar-refractivity contribution in [1.29, 1.82) is 0 Å². The van der Waals surface area contributed by atoms with E-state index in [4.69, 9.17) is 10.5 Å². The number of carbonyl (C=O) groups is 5. The fourth-order valence-corrected chi connectivity index (χ4v) is 4.34. The number of nitrogens with zero attached hydrogens (tertiary/aromatic N) is 1. The number of ether oxygens (including phenoxy) is 1. The van der Waals surface area contributed by atoms with Gasteiger partial charge < -0.3 is 21.1 Å². The van der Waals surface area contributed by atoms with Crippen LogP contribution in [0.5, 0.6) is 0 Å². The van der Waals surface area contributed by atoms with Crippen LogP contribution in [0.25, 0.3) is 0 Å². The fraction of sp³-hybridized carbons (Fsp3) is 0.500. The average Bonchev–Trinajstić information content (AvgIpc) is 3.21. The lowest BCUT2D eigenvalue weighted by Crippen LogP contribution is -2.48. The Morgan fingerprint density at radius 3 is 2.66 bits per heavy atom. The minimum Gasteiger partial charge on any atom is -0.451 e. The van der Waals surface area contributed by atoms with Gasteiger partial charge in [-0.2, -0.15) is 0 Å². The van der Waals surface area contributed by atoms with E-state index in [1.54, 1.807) is 5.38 Å². The number of nitrogens with two attached hydrogens (primary N) is 1. The average molecular weight is 422 g/mol. The molecule has 4 N–H and O–H groups in total. The zero-order valence-electron chi connectivity index (χ0n) is 15.9. The maximum Gasteiger partial charge on any atom is 0.327 e. The molecule has 2 aliphatic rings. The zero-order valence-corrected chi connectivity index (χ0v) is 16.7. The van der Waals surface area contributed by atoms with E-state index in [0.29, 0.717) is 12.8 Å². The Hall–Kier alpha value is -2.95. The van der Waals surface area contributed by atoms with Crippen LogP contribution in [0.2, 0.25) is 0 Å². The second-order valence-corrected chi connectivity index (χ2v) is 8.03. The summed E-state index contributed by atoms with van der Waals surface area (Å²) in [6.07, 6.45) is 2.56. The summed E-state index contributed by atoms with van der Waals surface area (Å²) in [6, 6.07) is 0.841. The summed E-state index contributed by atoms with van der Waals surface area (Å²) in [7, 11) is 0. The summed E-state index contributed by atoms with van der Waals surface area (Å²) in [5.41, 5.74) is 4.45.